The number of nitrogens with one attached hydrogen (secondary N) is 1. The van der Waals surface area contributed by atoms with E-state index in [1.165, 1.54) is 19.3 Å². The molecule has 2 heterocycles. The van der Waals surface area contributed by atoms with Gasteiger partial charge in [-0.15, -0.1) is 0 Å². The maximum absolute atomic E-state index is 12.3. The van der Waals surface area contributed by atoms with Gasteiger partial charge in [-0.05, 0) is 70.4 Å². The van der Waals surface area contributed by atoms with E-state index in [1.54, 1.807) is 31.4 Å². The predicted molar refractivity (Wildman–Crippen MR) is 122 cm³/mol. The van der Waals surface area contributed by atoms with Gasteiger partial charge >= 0.3 is 11.9 Å². The van der Waals surface area contributed by atoms with Crippen molar-refractivity contribution in [1.29, 1.82) is 0 Å². The Hall–Kier alpha value is -3.29. The monoisotopic (exact) mass is 441 g/mol. The van der Waals surface area contributed by atoms with E-state index in [0.29, 0.717) is 16.9 Å². The van der Waals surface area contributed by atoms with E-state index in [4.69, 9.17) is 9.47 Å². The number of piperidine rings is 1. The maximum atomic E-state index is 12.3. The van der Waals surface area contributed by atoms with Crippen molar-refractivity contribution in [3.63, 3.8) is 0 Å². The molecule has 0 unspecified atom stereocenters. The number of amides is 1. The zero-order valence-corrected chi connectivity index (χ0v) is 19.0. The van der Waals surface area contributed by atoms with E-state index < -0.39 is 17.8 Å². The lowest BCUT2D eigenvalue weighted by atomic mass is 10.1. The Morgan fingerprint density at radius 3 is 2.34 bits per heavy atom. The Labute approximate surface area is 188 Å². The molecule has 1 aliphatic heterocycles. The third-order valence-corrected chi connectivity index (χ3v) is 5.59. The normalized spacial score (nSPS) is 13.5. The summed E-state index contributed by atoms with van der Waals surface area (Å²) in [5, 5.41) is 2.74. The number of hydrogen-bond donors (Lipinski definition) is 1. The van der Waals surface area contributed by atoms with Gasteiger partial charge < -0.3 is 24.3 Å². The number of aryl methyl sites for hydroxylation is 1. The SMILES string of the molecule is CCOC(=O)c1cc(C)n(CC(=O)OCC(=O)Nc2ccc(N3CCCCC3)cc2)c1C. The lowest BCUT2D eigenvalue weighted by molar-refractivity contribution is -0.147. The van der Waals surface area contributed by atoms with Crippen LogP contribution in [0.5, 0.6) is 0 Å². The van der Waals surface area contributed by atoms with Gasteiger partial charge in [0.05, 0.1) is 12.2 Å². The van der Waals surface area contributed by atoms with Crippen molar-refractivity contribution < 1.29 is 23.9 Å². The molecule has 8 nitrogen and oxygen atoms in total. The lowest BCUT2D eigenvalue weighted by Gasteiger charge is -2.28. The molecular formula is C24H31N3O5. The van der Waals surface area contributed by atoms with Crippen LogP contribution in [0.25, 0.3) is 0 Å². The van der Waals surface area contributed by atoms with E-state index in [0.717, 1.165) is 24.5 Å². The molecule has 0 aliphatic carbocycles. The second-order valence-electron chi connectivity index (χ2n) is 7.89. The minimum absolute atomic E-state index is 0.0884. The van der Waals surface area contributed by atoms with Gasteiger partial charge in [-0.1, -0.05) is 0 Å². The first-order valence-corrected chi connectivity index (χ1v) is 11.0. The zero-order valence-electron chi connectivity index (χ0n) is 19.0. The van der Waals surface area contributed by atoms with Gasteiger partial charge in [-0.2, -0.15) is 0 Å². The third kappa shape index (κ3) is 5.90. The minimum Gasteiger partial charge on any atom is -0.462 e. The summed E-state index contributed by atoms with van der Waals surface area (Å²) in [6, 6.07) is 9.37. The summed E-state index contributed by atoms with van der Waals surface area (Å²) in [5.74, 6) is -1.39. The van der Waals surface area contributed by atoms with Crippen LogP contribution in [0.15, 0.2) is 30.3 Å². The molecule has 1 aliphatic rings. The molecule has 2 aromatic rings. The Bertz CT molecular complexity index is 959. The molecule has 172 valence electrons. The molecule has 0 atom stereocenters. The second kappa shape index (κ2) is 10.8. The largest absolute Gasteiger partial charge is 0.462 e. The van der Waals surface area contributed by atoms with Crippen LogP contribution >= 0.6 is 0 Å². The fraction of sp³-hybridized carbons (Fsp3) is 0.458. The highest BCUT2D eigenvalue weighted by atomic mass is 16.5. The van der Waals surface area contributed by atoms with Gasteiger partial charge in [0.2, 0.25) is 0 Å². The summed E-state index contributed by atoms with van der Waals surface area (Å²) in [5.41, 5.74) is 3.58. The van der Waals surface area contributed by atoms with E-state index in [-0.39, 0.29) is 19.8 Å². The lowest BCUT2D eigenvalue weighted by Crippen LogP contribution is -2.29. The van der Waals surface area contributed by atoms with Crippen LogP contribution < -0.4 is 10.2 Å². The quantitative estimate of drug-likeness (QED) is 0.631. The highest BCUT2D eigenvalue weighted by Gasteiger charge is 2.19. The van der Waals surface area contributed by atoms with Gasteiger partial charge in [0.15, 0.2) is 6.61 Å². The number of rotatable bonds is 8. The molecule has 1 aromatic heterocycles. The van der Waals surface area contributed by atoms with Crippen molar-refractivity contribution in [3.8, 4) is 0 Å². The molecule has 0 saturated carbocycles. The molecule has 1 N–H and O–H groups in total. The van der Waals surface area contributed by atoms with Crippen LogP contribution in [-0.4, -0.2) is 48.7 Å². The smallest absolute Gasteiger partial charge is 0.339 e. The number of ether oxygens (including phenoxy) is 2. The van der Waals surface area contributed by atoms with Crippen molar-refractivity contribution in [2.24, 2.45) is 0 Å². The van der Waals surface area contributed by atoms with E-state index >= 15 is 0 Å². The van der Waals surface area contributed by atoms with Crippen LogP contribution in [0, 0.1) is 13.8 Å². The number of aromatic nitrogens is 1. The van der Waals surface area contributed by atoms with Crippen LogP contribution in [0.2, 0.25) is 0 Å². The fourth-order valence-electron chi connectivity index (χ4n) is 3.89. The van der Waals surface area contributed by atoms with Gasteiger partial charge in [0.25, 0.3) is 5.91 Å². The molecule has 1 fully saturated rings. The van der Waals surface area contributed by atoms with Crippen LogP contribution in [0.3, 0.4) is 0 Å². The maximum Gasteiger partial charge on any atom is 0.339 e. The first kappa shape index (κ1) is 23.4. The number of carbonyl (C=O) groups is 3. The summed E-state index contributed by atoms with van der Waals surface area (Å²) >= 11 is 0. The second-order valence-corrected chi connectivity index (χ2v) is 7.89. The van der Waals surface area contributed by atoms with E-state index in [2.05, 4.69) is 10.2 Å². The highest BCUT2D eigenvalue weighted by molar-refractivity contribution is 5.93. The minimum atomic E-state index is -0.558. The average molecular weight is 442 g/mol. The predicted octanol–water partition coefficient (Wildman–Crippen LogP) is 3.45. The van der Waals surface area contributed by atoms with Crippen LogP contribution in [0.4, 0.5) is 11.4 Å². The molecule has 1 aromatic carbocycles. The summed E-state index contributed by atoms with van der Waals surface area (Å²) in [6.45, 7) is 7.21. The van der Waals surface area contributed by atoms with Crippen molar-refractivity contribution >= 4 is 29.2 Å². The Morgan fingerprint density at radius 2 is 1.69 bits per heavy atom. The molecule has 0 spiro atoms. The molecule has 32 heavy (non-hydrogen) atoms. The van der Waals surface area contributed by atoms with Crippen molar-refractivity contribution in [2.45, 2.75) is 46.6 Å². The summed E-state index contributed by atoms with van der Waals surface area (Å²) in [7, 11) is 0. The van der Waals surface area contributed by atoms with Crippen molar-refractivity contribution in [1.82, 2.24) is 4.57 Å². The number of hydrogen-bond acceptors (Lipinski definition) is 6. The van der Waals surface area contributed by atoms with Gasteiger partial charge in [0.1, 0.15) is 6.54 Å². The number of benzene rings is 1. The Morgan fingerprint density at radius 1 is 1.00 bits per heavy atom. The summed E-state index contributed by atoms with van der Waals surface area (Å²) in [4.78, 5) is 38.8. The molecular weight excluding hydrogens is 410 g/mol. The van der Waals surface area contributed by atoms with Gasteiger partial charge in [-0.3, -0.25) is 9.59 Å². The fourth-order valence-corrected chi connectivity index (χ4v) is 3.89. The zero-order chi connectivity index (χ0) is 23.1. The molecule has 8 heteroatoms. The Balaban J connectivity index is 1.49. The summed E-state index contributed by atoms with van der Waals surface area (Å²) in [6.07, 6.45) is 3.69. The van der Waals surface area contributed by atoms with Gasteiger partial charge in [-0.25, -0.2) is 4.79 Å². The van der Waals surface area contributed by atoms with Gasteiger partial charge in [0, 0.05) is 35.9 Å². The van der Waals surface area contributed by atoms with E-state index in [1.807, 2.05) is 24.3 Å². The average Bonchev–Trinajstić information content (AvgIpc) is 3.07. The third-order valence-electron chi connectivity index (χ3n) is 5.59. The standard InChI is InChI=1S/C24H31N3O5/c1-4-31-24(30)21-14-17(2)27(18(21)3)15-23(29)32-16-22(28)25-19-8-10-20(11-9-19)26-12-6-5-7-13-26/h8-11,14H,4-7,12-13,15-16H2,1-3H3,(H,25,28). The highest BCUT2D eigenvalue weighted by Crippen LogP contribution is 2.22. The number of nitrogens with zero attached hydrogens (tertiary/aromatic N) is 2. The molecule has 1 amide bonds. The topological polar surface area (TPSA) is 89.9 Å². The van der Waals surface area contributed by atoms with E-state index in [9.17, 15) is 14.4 Å². The molecule has 3 rings (SSSR count). The number of carbonyl (C=O) groups excluding carboxylic acids is 3. The summed E-state index contributed by atoms with van der Waals surface area (Å²) < 4.78 is 11.8. The molecule has 0 bridgehead atoms. The van der Waals surface area contributed by atoms with Crippen LogP contribution in [-0.2, 0) is 25.6 Å². The van der Waals surface area contributed by atoms with Crippen molar-refractivity contribution in [2.75, 3.05) is 36.5 Å². The molecule has 0 radical (unpaired) electrons. The molecule has 1 saturated heterocycles. The van der Waals surface area contributed by atoms with Crippen molar-refractivity contribution in [3.05, 3.63) is 47.3 Å². The van der Waals surface area contributed by atoms with Crippen LogP contribution in [0.1, 0.15) is 47.9 Å². The number of esters is 2. The number of anilines is 2. The Kier molecular flexibility index (Phi) is 7.92. The first-order valence-electron chi connectivity index (χ1n) is 11.0. The first-order chi connectivity index (χ1) is 15.4.